The second-order valence-electron chi connectivity index (χ2n) is 10.4. The number of nitrogens with zero attached hydrogens (tertiary/aromatic N) is 1. The first kappa shape index (κ1) is 18.0. The molecule has 2 saturated carbocycles. The van der Waals surface area contributed by atoms with Gasteiger partial charge in [0.2, 0.25) is 0 Å². The number of hydrogen-bond acceptors (Lipinski definition) is 5. The summed E-state index contributed by atoms with van der Waals surface area (Å²) in [5.74, 6) is -0.425. The fraction of sp³-hybridized carbons (Fsp3) is 0.682. The Morgan fingerprint density at radius 3 is 2.69 bits per heavy atom. The fourth-order valence-corrected chi connectivity index (χ4v) is 7.39. The minimum Gasteiger partial charge on any atom is -0.504 e. The number of carboxylic acids is 1. The first-order valence-corrected chi connectivity index (χ1v) is 10.7. The number of piperidine rings is 1. The van der Waals surface area contributed by atoms with Gasteiger partial charge in [0.25, 0.3) is 0 Å². The van der Waals surface area contributed by atoms with Gasteiger partial charge in [-0.15, -0.1) is 0 Å². The lowest BCUT2D eigenvalue weighted by Gasteiger charge is -2.66. The molecule has 0 amide bonds. The summed E-state index contributed by atoms with van der Waals surface area (Å²) in [7, 11) is 2.23. The molecule has 1 unspecified atom stereocenters. The fourth-order valence-electron chi connectivity index (χ4n) is 7.39. The monoisotopic (exact) mass is 402 g/mol. The van der Waals surface area contributed by atoms with E-state index in [1.165, 1.54) is 12.8 Å². The van der Waals surface area contributed by atoms with Gasteiger partial charge in [-0.05, 0) is 37.3 Å². The normalized spacial score (nSPS) is 46.7. The predicted molar refractivity (Wildman–Crippen MR) is 102 cm³/mol. The Labute approximate surface area is 169 Å². The molecule has 2 bridgehead atoms. The van der Waals surface area contributed by atoms with Crippen LogP contribution in [-0.2, 0) is 16.6 Å². The molecule has 3 fully saturated rings. The lowest BCUT2D eigenvalue weighted by atomic mass is 9.46. The van der Waals surface area contributed by atoms with Crippen molar-refractivity contribution < 1.29 is 34.4 Å². The molecule has 0 radical (unpaired) electrons. The lowest BCUT2D eigenvalue weighted by Crippen LogP contribution is -2.83. The quantitative estimate of drug-likeness (QED) is 0.560. The third-order valence-electron chi connectivity index (χ3n) is 8.92. The van der Waals surface area contributed by atoms with Gasteiger partial charge < -0.3 is 29.6 Å². The third-order valence-corrected chi connectivity index (χ3v) is 8.92. The molecule has 1 spiro atoms. The van der Waals surface area contributed by atoms with E-state index in [-0.39, 0.29) is 30.4 Å². The summed E-state index contributed by atoms with van der Waals surface area (Å²) in [6, 6.07) is 3.40. The van der Waals surface area contributed by atoms with Crippen molar-refractivity contribution in [1.29, 1.82) is 0 Å². The highest BCUT2D eigenvalue weighted by molar-refractivity contribution is 5.80. The van der Waals surface area contributed by atoms with Gasteiger partial charge in [-0.2, -0.15) is 0 Å². The molecule has 1 aromatic rings. The van der Waals surface area contributed by atoms with Crippen LogP contribution in [0, 0.1) is 5.92 Å². The highest BCUT2D eigenvalue weighted by Gasteiger charge is 2.80. The van der Waals surface area contributed by atoms with E-state index >= 15 is 0 Å². The van der Waals surface area contributed by atoms with E-state index in [2.05, 4.69) is 7.05 Å². The minimum atomic E-state index is -2.09. The summed E-state index contributed by atoms with van der Waals surface area (Å²) in [6.07, 6.45) is 2.74. The van der Waals surface area contributed by atoms with Crippen molar-refractivity contribution >= 4 is 5.97 Å². The Hall–Kier alpha value is -1.83. The van der Waals surface area contributed by atoms with E-state index in [1.807, 2.05) is 6.07 Å². The highest BCUT2D eigenvalue weighted by atomic mass is 16.5. The topological polar surface area (TPSA) is 107 Å². The maximum Gasteiger partial charge on any atom is 0.339 e. The number of phenols is 1. The van der Waals surface area contributed by atoms with Gasteiger partial charge in [0.15, 0.2) is 23.2 Å². The third kappa shape index (κ3) is 1.88. The largest absolute Gasteiger partial charge is 0.504 e. The molecule has 5 aliphatic rings. The van der Waals surface area contributed by atoms with E-state index < -0.39 is 28.7 Å². The maximum absolute atomic E-state index is 12.3. The molecular formula is C22H28NO6+. The maximum atomic E-state index is 12.3. The zero-order valence-electron chi connectivity index (χ0n) is 16.6. The number of rotatable bonds is 3. The van der Waals surface area contributed by atoms with Crippen molar-refractivity contribution in [2.75, 3.05) is 20.1 Å². The van der Waals surface area contributed by atoms with Gasteiger partial charge in [-0.25, -0.2) is 4.79 Å². The number of phenolic OH excluding ortho intramolecular Hbond substituents is 1. The van der Waals surface area contributed by atoms with Crippen LogP contribution in [0.25, 0.3) is 0 Å². The van der Waals surface area contributed by atoms with Crippen molar-refractivity contribution in [3.05, 3.63) is 23.3 Å². The lowest BCUT2D eigenvalue weighted by molar-refractivity contribution is -0.950. The first-order chi connectivity index (χ1) is 13.7. The molecule has 2 aliphatic heterocycles. The average Bonchev–Trinajstić information content (AvgIpc) is 3.39. The van der Waals surface area contributed by atoms with Gasteiger partial charge in [-0.1, -0.05) is 6.07 Å². The van der Waals surface area contributed by atoms with Crippen LogP contribution in [-0.4, -0.2) is 74.4 Å². The van der Waals surface area contributed by atoms with Crippen LogP contribution in [0.4, 0.5) is 0 Å². The molecule has 156 valence electrons. The number of benzene rings is 1. The minimum absolute atomic E-state index is 0.0538. The average molecular weight is 402 g/mol. The van der Waals surface area contributed by atoms with Gasteiger partial charge in [0.1, 0.15) is 11.6 Å². The molecule has 1 aromatic carbocycles. The van der Waals surface area contributed by atoms with Crippen LogP contribution in [0.15, 0.2) is 12.1 Å². The highest BCUT2D eigenvalue weighted by Crippen LogP contribution is 2.68. The van der Waals surface area contributed by atoms with Gasteiger partial charge >= 0.3 is 5.97 Å². The van der Waals surface area contributed by atoms with Crippen LogP contribution >= 0.6 is 0 Å². The molecule has 3 aliphatic carbocycles. The number of likely N-dealkylation sites (N-methyl/N-ethyl adjacent to an activating group) is 1. The molecule has 6 atom stereocenters. The van der Waals surface area contributed by atoms with Crippen LogP contribution < -0.4 is 4.74 Å². The van der Waals surface area contributed by atoms with Crippen molar-refractivity contribution in [3.8, 4) is 11.5 Å². The van der Waals surface area contributed by atoms with Gasteiger partial charge in [0, 0.05) is 24.3 Å². The summed E-state index contributed by atoms with van der Waals surface area (Å²) in [6.45, 7) is 1.83. The van der Waals surface area contributed by atoms with E-state index in [0.717, 1.165) is 28.7 Å². The Kier molecular flexibility index (Phi) is 3.15. The molecule has 4 N–H and O–H groups in total. The van der Waals surface area contributed by atoms with Crippen molar-refractivity contribution in [3.63, 3.8) is 0 Å². The summed E-state index contributed by atoms with van der Waals surface area (Å²) < 4.78 is 6.84. The van der Waals surface area contributed by atoms with E-state index in [0.29, 0.717) is 18.8 Å². The Balaban J connectivity index is 1.60. The van der Waals surface area contributed by atoms with Crippen LogP contribution in [0.3, 0.4) is 0 Å². The predicted octanol–water partition coefficient (Wildman–Crippen LogP) is 0.917. The zero-order valence-corrected chi connectivity index (χ0v) is 16.6. The standard InChI is InChI=1S/C22H27NO6/c1-23(11-12-2-3-12)9-8-20-16-13-4-5-14(24)17(16)29-18(20)21(27,19(25)26)6-7-22(20,28)15(23)10-13/h4-5,12,15,18,27-28H,2-3,6-11H2,1H3,(H-,24,25,26)/p+1/t15-,18-,20+,21+,22-,23?/m1/s1. The van der Waals surface area contributed by atoms with Crippen molar-refractivity contribution in [1.82, 2.24) is 0 Å². The number of ether oxygens (including phenoxy) is 1. The summed E-state index contributed by atoms with van der Waals surface area (Å²) >= 11 is 0. The molecule has 2 heterocycles. The molecule has 29 heavy (non-hydrogen) atoms. The Morgan fingerprint density at radius 1 is 1.24 bits per heavy atom. The number of aromatic hydroxyl groups is 1. The molecule has 0 aromatic heterocycles. The number of aliphatic carboxylic acids is 1. The number of carboxylic acid groups (broad SMARTS) is 1. The van der Waals surface area contributed by atoms with E-state index in [9.17, 15) is 25.2 Å². The Bertz CT molecular complexity index is 945. The molecule has 7 heteroatoms. The summed E-state index contributed by atoms with van der Waals surface area (Å²) in [5.41, 5.74) is -2.53. The number of quaternary nitrogens is 1. The van der Waals surface area contributed by atoms with Crippen LogP contribution in [0.1, 0.15) is 43.2 Å². The van der Waals surface area contributed by atoms with E-state index in [1.54, 1.807) is 6.07 Å². The second-order valence-corrected chi connectivity index (χ2v) is 10.4. The number of carbonyl (C=O) groups is 1. The second kappa shape index (κ2) is 5.07. The smallest absolute Gasteiger partial charge is 0.339 e. The van der Waals surface area contributed by atoms with Crippen molar-refractivity contribution in [2.24, 2.45) is 5.92 Å². The van der Waals surface area contributed by atoms with Crippen LogP contribution in [0.5, 0.6) is 11.5 Å². The Morgan fingerprint density at radius 2 is 2.00 bits per heavy atom. The summed E-state index contributed by atoms with van der Waals surface area (Å²) in [4.78, 5) is 12.1. The molecule has 1 saturated heterocycles. The number of likely N-dealkylation sites (tertiary alicyclic amines) is 1. The van der Waals surface area contributed by atoms with Crippen molar-refractivity contribution in [2.45, 2.75) is 67.3 Å². The molecular weight excluding hydrogens is 374 g/mol. The number of hydrogen-bond donors (Lipinski definition) is 4. The van der Waals surface area contributed by atoms with Crippen LogP contribution in [0.2, 0.25) is 0 Å². The van der Waals surface area contributed by atoms with Gasteiger partial charge in [0.05, 0.1) is 25.6 Å². The first-order valence-electron chi connectivity index (χ1n) is 10.7. The SMILES string of the molecule is C[N+]1(CC2CC2)CC[C@]23c4c5ccc(O)c4O[C@H]2[C@](O)(C(=O)O)CC[C@@]3(O)[C@H]1C5. The number of aliphatic hydroxyl groups is 2. The summed E-state index contributed by atoms with van der Waals surface area (Å²) in [5, 5.41) is 43.9. The zero-order chi connectivity index (χ0) is 20.4. The van der Waals surface area contributed by atoms with E-state index in [4.69, 9.17) is 4.74 Å². The molecule has 7 nitrogen and oxygen atoms in total. The van der Waals surface area contributed by atoms with Gasteiger partial charge in [-0.3, -0.25) is 0 Å². The molecule has 6 rings (SSSR count).